The van der Waals surface area contributed by atoms with Crippen LogP contribution in [0.15, 0.2) is 16.9 Å². The number of aromatic nitrogens is 2. The molecule has 1 atom stereocenters. The van der Waals surface area contributed by atoms with E-state index in [1.807, 2.05) is 6.07 Å². The SMILES string of the molecule is CC(C)(C)c1ccc(=O)n(CC2CCCN2CCN2CCCOCC2)n1. The molecule has 0 saturated carbocycles. The summed E-state index contributed by atoms with van der Waals surface area (Å²) in [6, 6.07) is 3.95. The normalized spacial score (nSPS) is 23.3. The standard InChI is InChI=1S/C20H34N4O2/c1-20(2,3)18-7-8-19(25)24(21-18)16-17-6-4-10-23(17)12-11-22-9-5-14-26-15-13-22/h7-8,17H,4-6,9-16H2,1-3H3. The molecule has 3 heterocycles. The zero-order valence-corrected chi connectivity index (χ0v) is 16.6. The molecule has 0 N–H and O–H groups in total. The van der Waals surface area contributed by atoms with E-state index in [-0.39, 0.29) is 11.0 Å². The maximum Gasteiger partial charge on any atom is 0.266 e. The minimum atomic E-state index is -0.0420. The number of nitrogens with zero attached hydrogens (tertiary/aromatic N) is 4. The highest BCUT2D eigenvalue weighted by molar-refractivity contribution is 5.10. The van der Waals surface area contributed by atoms with Crippen molar-refractivity contribution in [1.29, 1.82) is 0 Å². The minimum Gasteiger partial charge on any atom is -0.380 e. The van der Waals surface area contributed by atoms with Gasteiger partial charge in [-0.3, -0.25) is 14.6 Å². The summed E-state index contributed by atoms with van der Waals surface area (Å²) in [5.41, 5.74) is 0.945. The monoisotopic (exact) mass is 362 g/mol. The molecule has 2 fully saturated rings. The predicted octanol–water partition coefficient (Wildman–Crippen LogP) is 1.73. The van der Waals surface area contributed by atoms with E-state index >= 15 is 0 Å². The number of rotatable bonds is 5. The molecule has 146 valence electrons. The molecule has 2 aliphatic heterocycles. The van der Waals surface area contributed by atoms with Gasteiger partial charge in [-0.25, -0.2) is 4.68 Å². The molecule has 2 saturated heterocycles. The van der Waals surface area contributed by atoms with Gasteiger partial charge in [-0.2, -0.15) is 5.10 Å². The van der Waals surface area contributed by atoms with Crippen LogP contribution in [0.1, 0.15) is 45.7 Å². The Hall–Kier alpha value is -1.24. The van der Waals surface area contributed by atoms with Gasteiger partial charge >= 0.3 is 0 Å². The first kappa shape index (κ1) is 19.5. The zero-order chi connectivity index (χ0) is 18.6. The Kier molecular flexibility index (Phi) is 6.48. The molecule has 0 radical (unpaired) electrons. The number of hydrogen-bond acceptors (Lipinski definition) is 5. The topological polar surface area (TPSA) is 50.6 Å². The summed E-state index contributed by atoms with van der Waals surface area (Å²) in [6.45, 7) is 14.3. The van der Waals surface area contributed by atoms with Crippen LogP contribution in [0, 0.1) is 0 Å². The lowest BCUT2D eigenvalue weighted by molar-refractivity contribution is 0.135. The van der Waals surface area contributed by atoms with E-state index < -0.39 is 0 Å². The van der Waals surface area contributed by atoms with E-state index in [4.69, 9.17) is 4.74 Å². The van der Waals surface area contributed by atoms with Crippen LogP contribution in [0.5, 0.6) is 0 Å². The van der Waals surface area contributed by atoms with Crippen molar-refractivity contribution in [3.05, 3.63) is 28.2 Å². The van der Waals surface area contributed by atoms with Gasteiger partial charge in [0.25, 0.3) is 5.56 Å². The molecule has 0 aliphatic carbocycles. The van der Waals surface area contributed by atoms with Crippen molar-refractivity contribution >= 4 is 0 Å². The van der Waals surface area contributed by atoms with Gasteiger partial charge in [0.05, 0.1) is 18.8 Å². The highest BCUT2D eigenvalue weighted by Crippen LogP contribution is 2.20. The first-order valence-electron chi connectivity index (χ1n) is 10.1. The molecule has 0 spiro atoms. The van der Waals surface area contributed by atoms with E-state index in [0.717, 1.165) is 64.5 Å². The number of likely N-dealkylation sites (tertiary alicyclic amines) is 1. The molecule has 0 aromatic carbocycles. The Labute approximate surface area is 157 Å². The summed E-state index contributed by atoms with van der Waals surface area (Å²) in [6.07, 6.45) is 3.49. The molecule has 2 aliphatic rings. The molecule has 0 bridgehead atoms. The highest BCUT2D eigenvalue weighted by Gasteiger charge is 2.26. The third-order valence-electron chi connectivity index (χ3n) is 5.54. The first-order valence-corrected chi connectivity index (χ1v) is 10.1. The molecule has 1 aromatic heterocycles. The zero-order valence-electron chi connectivity index (χ0n) is 16.6. The Balaban J connectivity index is 1.61. The van der Waals surface area contributed by atoms with Crippen molar-refractivity contribution in [1.82, 2.24) is 19.6 Å². The summed E-state index contributed by atoms with van der Waals surface area (Å²) in [5, 5.41) is 4.65. The van der Waals surface area contributed by atoms with E-state index in [2.05, 4.69) is 35.7 Å². The van der Waals surface area contributed by atoms with Crippen LogP contribution in [0.3, 0.4) is 0 Å². The molecular weight excluding hydrogens is 328 g/mol. The minimum absolute atomic E-state index is 0.00881. The average molecular weight is 363 g/mol. The maximum atomic E-state index is 12.3. The number of hydrogen-bond donors (Lipinski definition) is 0. The smallest absolute Gasteiger partial charge is 0.266 e. The van der Waals surface area contributed by atoms with Crippen LogP contribution >= 0.6 is 0 Å². The molecule has 26 heavy (non-hydrogen) atoms. The van der Waals surface area contributed by atoms with Crippen LogP contribution in [0.25, 0.3) is 0 Å². The van der Waals surface area contributed by atoms with Gasteiger partial charge in [-0.15, -0.1) is 0 Å². The molecule has 6 nitrogen and oxygen atoms in total. The third-order valence-corrected chi connectivity index (χ3v) is 5.54. The van der Waals surface area contributed by atoms with Gasteiger partial charge in [0, 0.05) is 50.3 Å². The van der Waals surface area contributed by atoms with Crippen LogP contribution in [-0.2, 0) is 16.7 Å². The van der Waals surface area contributed by atoms with Crippen molar-refractivity contribution in [2.75, 3.05) is 45.9 Å². The lowest BCUT2D eigenvalue weighted by Gasteiger charge is -2.28. The van der Waals surface area contributed by atoms with Gasteiger partial charge < -0.3 is 4.74 Å². The summed E-state index contributed by atoms with van der Waals surface area (Å²) in [5.74, 6) is 0. The molecule has 0 amide bonds. The van der Waals surface area contributed by atoms with Gasteiger partial charge in [0.15, 0.2) is 0 Å². The largest absolute Gasteiger partial charge is 0.380 e. The van der Waals surface area contributed by atoms with Crippen molar-refractivity contribution in [3.63, 3.8) is 0 Å². The predicted molar refractivity (Wildman–Crippen MR) is 104 cm³/mol. The van der Waals surface area contributed by atoms with Crippen LogP contribution in [0.2, 0.25) is 0 Å². The molecule has 3 rings (SSSR count). The lowest BCUT2D eigenvalue weighted by atomic mass is 9.92. The van der Waals surface area contributed by atoms with Crippen molar-refractivity contribution in [3.8, 4) is 0 Å². The fourth-order valence-electron chi connectivity index (χ4n) is 3.87. The van der Waals surface area contributed by atoms with Gasteiger partial charge in [-0.05, 0) is 31.9 Å². The molecular formula is C20H34N4O2. The van der Waals surface area contributed by atoms with Crippen LogP contribution in [0.4, 0.5) is 0 Å². The average Bonchev–Trinajstić information content (AvgIpc) is 2.86. The van der Waals surface area contributed by atoms with Crippen LogP contribution < -0.4 is 5.56 Å². The summed E-state index contributed by atoms with van der Waals surface area (Å²) >= 11 is 0. The molecule has 6 heteroatoms. The Bertz CT molecular complexity index is 629. The Morgan fingerprint density at radius 3 is 2.77 bits per heavy atom. The van der Waals surface area contributed by atoms with Crippen molar-refractivity contribution < 1.29 is 4.74 Å². The summed E-state index contributed by atoms with van der Waals surface area (Å²) in [7, 11) is 0. The second-order valence-electron chi connectivity index (χ2n) is 8.63. The number of ether oxygens (including phenoxy) is 1. The quantitative estimate of drug-likeness (QED) is 0.798. The Morgan fingerprint density at radius 1 is 1.12 bits per heavy atom. The van der Waals surface area contributed by atoms with Crippen molar-refractivity contribution in [2.45, 2.75) is 58.0 Å². The fraction of sp³-hybridized carbons (Fsp3) is 0.800. The van der Waals surface area contributed by atoms with Crippen molar-refractivity contribution in [2.24, 2.45) is 0 Å². The lowest BCUT2D eigenvalue weighted by Crippen LogP contribution is -2.42. The molecule has 1 unspecified atom stereocenters. The van der Waals surface area contributed by atoms with Gasteiger partial charge in [0.2, 0.25) is 0 Å². The second-order valence-corrected chi connectivity index (χ2v) is 8.63. The van der Waals surface area contributed by atoms with E-state index in [1.165, 1.54) is 6.42 Å². The van der Waals surface area contributed by atoms with Gasteiger partial charge in [0.1, 0.15) is 0 Å². The van der Waals surface area contributed by atoms with Gasteiger partial charge in [-0.1, -0.05) is 20.8 Å². The van der Waals surface area contributed by atoms with Crippen LogP contribution in [-0.4, -0.2) is 71.6 Å². The third kappa shape index (κ3) is 5.15. The molecule has 1 aromatic rings. The highest BCUT2D eigenvalue weighted by atomic mass is 16.5. The second kappa shape index (κ2) is 8.63. The fourth-order valence-corrected chi connectivity index (χ4v) is 3.87. The van der Waals surface area contributed by atoms with E-state index in [1.54, 1.807) is 10.7 Å². The van der Waals surface area contributed by atoms with E-state index in [0.29, 0.717) is 12.6 Å². The summed E-state index contributed by atoms with van der Waals surface area (Å²) < 4.78 is 7.23. The maximum absolute atomic E-state index is 12.3. The summed E-state index contributed by atoms with van der Waals surface area (Å²) in [4.78, 5) is 17.3. The first-order chi connectivity index (χ1) is 12.4. The Morgan fingerprint density at radius 2 is 1.96 bits per heavy atom. The van der Waals surface area contributed by atoms with E-state index in [9.17, 15) is 4.79 Å².